The molecule has 9 nitrogen and oxygen atoms in total. The van der Waals surface area contributed by atoms with Crippen LogP contribution in [0.15, 0.2) is 82.4 Å². The SMILES string of the molecule is CCn1c(-c2ccc(-c3c(C)on(C)c3=O)cc2)cc2cc(C)nc(C(=O)Nc3cccc(-c4ncc[nH]4)c3)c21. The molecule has 0 aliphatic carbocycles. The summed E-state index contributed by atoms with van der Waals surface area (Å²) in [4.78, 5) is 38.2. The minimum absolute atomic E-state index is 0.167. The highest BCUT2D eigenvalue weighted by molar-refractivity contribution is 6.11. The van der Waals surface area contributed by atoms with E-state index in [1.54, 1.807) is 26.4 Å². The second kappa shape index (κ2) is 9.85. The summed E-state index contributed by atoms with van der Waals surface area (Å²) in [6.45, 7) is 6.36. The zero-order chi connectivity index (χ0) is 28.0. The molecule has 40 heavy (non-hydrogen) atoms. The van der Waals surface area contributed by atoms with Gasteiger partial charge in [0.15, 0.2) is 5.69 Å². The first-order chi connectivity index (χ1) is 19.3. The molecule has 0 aliphatic heterocycles. The molecule has 0 saturated heterocycles. The molecule has 0 saturated carbocycles. The van der Waals surface area contributed by atoms with Crippen LogP contribution in [0.25, 0.3) is 44.7 Å². The van der Waals surface area contributed by atoms with Gasteiger partial charge in [-0.15, -0.1) is 0 Å². The number of fused-ring (bicyclic) bond motifs is 1. The molecule has 0 radical (unpaired) electrons. The van der Waals surface area contributed by atoms with Gasteiger partial charge in [0.25, 0.3) is 11.5 Å². The van der Waals surface area contributed by atoms with Gasteiger partial charge in [0.05, 0.1) is 11.1 Å². The van der Waals surface area contributed by atoms with E-state index in [4.69, 9.17) is 4.52 Å². The molecule has 2 N–H and O–H groups in total. The maximum absolute atomic E-state index is 13.6. The van der Waals surface area contributed by atoms with Crippen molar-refractivity contribution in [1.82, 2.24) is 24.3 Å². The van der Waals surface area contributed by atoms with Crippen LogP contribution in [0.2, 0.25) is 0 Å². The second-order valence-corrected chi connectivity index (χ2v) is 9.70. The molecule has 0 atom stereocenters. The number of hydrogen-bond donors (Lipinski definition) is 2. The number of nitrogens with one attached hydrogen (secondary N) is 2. The van der Waals surface area contributed by atoms with E-state index in [9.17, 15) is 9.59 Å². The highest BCUT2D eigenvalue weighted by Gasteiger charge is 2.21. The number of carbonyl (C=O) groups excluding carboxylic acids is 1. The summed E-state index contributed by atoms with van der Waals surface area (Å²) in [5.41, 5.74) is 6.52. The molecule has 2 aromatic carbocycles. The van der Waals surface area contributed by atoms with E-state index >= 15 is 0 Å². The first-order valence-corrected chi connectivity index (χ1v) is 13.0. The van der Waals surface area contributed by atoms with E-state index < -0.39 is 0 Å². The number of H-pyrrole nitrogens is 1. The molecule has 200 valence electrons. The Morgan fingerprint density at radius 1 is 1.02 bits per heavy atom. The summed E-state index contributed by atoms with van der Waals surface area (Å²) in [5.74, 6) is 1.02. The number of amides is 1. The van der Waals surface area contributed by atoms with Gasteiger partial charge in [0.2, 0.25) is 0 Å². The van der Waals surface area contributed by atoms with Crippen molar-refractivity contribution in [2.75, 3.05) is 5.32 Å². The van der Waals surface area contributed by atoms with Crippen LogP contribution >= 0.6 is 0 Å². The zero-order valence-corrected chi connectivity index (χ0v) is 22.6. The third-order valence-corrected chi connectivity index (χ3v) is 7.02. The van der Waals surface area contributed by atoms with Gasteiger partial charge in [-0.25, -0.2) is 9.97 Å². The third-order valence-electron chi connectivity index (χ3n) is 7.02. The maximum Gasteiger partial charge on any atom is 0.290 e. The van der Waals surface area contributed by atoms with E-state index in [2.05, 4.69) is 30.9 Å². The second-order valence-electron chi connectivity index (χ2n) is 9.70. The van der Waals surface area contributed by atoms with E-state index in [1.165, 1.54) is 4.74 Å². The first-order valence-electron chi connectivity index (χ1n) is 13.0. The lowest BCUT2D eigenvalue weighted by molar-refractivity contribution is 0.102. The van der Waals surface area contributed by atoms with Crippen molar-refractivity contribution in [3.8, 4) is 33.8 Å². The van der Waals surface area contributed by atoms with Crippen molar-refractivity contribution in [2.24, 2.45) is 7.05 Å². The number of aromatic amines is 1. The molecule has 0 spiro atoms. The Morgan fingerprint density at radius 2 is 1.80 bits per heavy atom. The predicted molar refractivity (Wildman–Crippen MR) is 155 cm³/mol. The van der Waals surface area contributed by atoms with Crippen LogP contribution in [0.4, 0.5) is 5.69 Å². The van der Waals surface area contributed by atoms with Gasteiger partial charge in [-0.1, -0.05) is 36.4 Å². The third kappa shape index (κ3) is 4.31. The van der Waals surface area contributed by atoms with Crippen molar-refractivity contribution in [3.63, 3.8) is 0 Å². The average Bonchev–Trinajstić information content (AvgIpc) is 3.67. The number of hydrogen-bond acceptors (Lipinski definition) is 5. The van der Waals surface area contributed by atoms with Gasteiger partial charge in [-0.3, -0.25) is 9.59 Å². The quantitative estimate of drug-likeness (QED) is 0.276. The lowest BCUT2D eigenvalue weighted by atomic mass is 10.0. The Kier molecular flexibility index (Phi) is 6.18. The summed E-state index contributed by atoms with van der Waals surface area (Å²) in [6, 6.07) is 19.4. The largest absolute Gasteiger partial charge is 0.381 e. The lowest BCUT2D eigenvalue weighted by Crippen LogP contribution is -2.16. The number of benzene rings is 2. The van der Waals surface area contributed by atoms with E-state index in [0.717, 1.165) is 44.8 Å². The standard InChI is InChI=1S/C31H28N6O3/c1-5-37-25(20-9-11-21(12-10-20)26-19(3)40-36(4)31(26)39)17-23-15-18(2)34-27(28(23)37)30(38)35-24-8-6-7-22(16-24)29-32-13-14-33-29/h6-17H,5H2,1-4H3,(H,32,33)(H,35,38). The number of anilines is 1. The van der Waals surface area contributed by atoms with Crippen molar-refractivity contribution in [3.05, 3.63) is 101 Å². The van der Waals surface area contributed by atoms with Gasteiger partial charge in [-0.2, -0.15) is 4.74 Å². The highest BCUT2D eigenvalue weighted by atomic mass is 16.5. The Labute approximate surface area is 230 Å². The molecular weight excluding hydrogens is 504 g/mol. The lowest BCUT2D eigenvalue weighted by Gasteiger charge is -2.12. The van der Waals surface area contributed by atoms with Crippen LogP contribution in [-0.2, 0) is 13.6 Å². The molecule has 0 unspecified atom stereocenters. The van der Waals surface area contributed by atoms with Crippen molar-refractivity contribution in [2.45, 2.75) is 27.3 Å². The maximum atomic E-state index is 13.6. The molecule has 4 heterocycles. The molecule has 6 rings (SSSR count). The number of pyridine rings is 1. The molecule has 4 aromatic heterocycles. The Balaban J connectivity index is 1.39. The summed E-state index contributed by atoms with van der Waals surface area (Å²) in [6.07, 6.45) is 3.45. The smallest absolute Gasteiger partial charge is 0.290 e. The minimum atomic E-state index is -0.286. The van der Waals surface area contributed by atoms with Crippen LogP contribution < -0.4 is 10.9 Å². The van der Waals surface area contributed by atoms with Crippen molar-refractivity contribution >= 4 is 22.5 Å². The highest BCUT2D eigenvalue weighted by Crippen LogP contribution is 2.32. The molecule has 0 fully saturated rings. The summed E-state index contributed by atoms with van der Waals surface area (Å²) >= 11 is 0. The normalized spacial score (nSPS) is 11.3. The number of carbonyl (C=O) groups is 1. The van der Waals surface area contributed by atoms with Crippen LogP contribution in [0.1, 0.15) is 28.9 Å². The molecule has 1 amide bonds. The Morgan fingerprint density at radius 3 is 2.48 bits per heavy atom. The molecule has 9 heteroatoms. The van der Waals surface area contributed by atoms with E-state index in [0.29, 0.717) is 29.2 Å². The summed E-state index contributed by atoms with van der Waals surface area (Å²) < 4.78 is 8.80. The fraction of sp³-hybridized carbons (Fsp3) is 0.161. The summed E-state index contributed by atoms with van der Waals surface area (Å²) in [5, 5.41) is 3.95. The van der Waals surface area contributed by atoms with Crippen LogP contribution in [0, 0.1) is 13.8 Å². The monoisotopic (exact) mass is 532 g/mol. The average molecular weight is 533 g/mol. The first kappa shape index (κ1) is 25.1. The Hall–Kier alpha value is -5.18. The van der Waals surface area contributed by atoms with Crippen LogP contribution in [0.5, 0.6) is 0 Å². The fourth-order valence-corrected chi connectivity index (χ4v) is 5.25. The predicted octanol–water partition coefficient (Wildman–Crippen LogP) is 5.94. The van der Waals surface area contributed by atoms with Crippen LogP contribution in [-0.4, -0.2) is 30.2 Å². The van der Waals surface area contributed by atoms with Gasteiger partial charge < -0.3 is 19.4 Å². The van der Waals surface area contributed by atoms with Crippen LogP contribution in [0.3, 0.4) is 0 Å². The van der Waals surface area contributed by atoms with E-state index in [-0.39, 0.29) is 11.5 Å². The van der Waals surface area contributed by atoms with E-state index in [1.807, 2.05) is 68.4 Å². The molecule has 0 bridgehead atoms. The van der Waals surface area contributed by atoms with Gasteiger partial charge >= 0.3 is 0 Å². The Bertz CT molecular complexity index is 1920. The zero-order valence-electron chi connectivity index (χ0n) is 22.6. The number of imidazole rings is 1. The number of rotatable bonds is 6. The molecular formula is C31H28N6O3. The van der Waals surface area contributed by atoms with Crippen molar-refractivity contribution in [1.29, 1.82) is 0 Å². The van der Waals surface area contributed by atoms with Gasteiger partial charge in [-0.05, 0) is 56.2 Å². The molecule has 0 aliphatic rings. The van der Waals surface area contributed by atoms with Gasteiger partial charge in [0, 0.05) is 54.0 Å². The fourth-order valence-electron chi connectivity index (χ4n) is 5.25. The van der Waals surface area contributed by atoms with Crippen molar-refractivity contribution < 1.29 is 9.32 Å². The topological polar surface area (TPSA) is 111 Å². The number of aryl methyl sites for hydroxylation is 4. The molecule has 6 aromatic rings. The number of aromatic nitrogens is 5. The van der Waals surface area contributed by atoms with Gasteiger partial charge in [0.1, 0.15) is 11.6 Å². The minimum Gasteiger partial charge on any atom is -0.381 e. The summed E-state index contributed by atoms with van der Waals surface area (Å²) in [7, 11) is 1.60. The number of nitrogens with zero attached hydrogens (tertiary/aromatic N) is 4.